The van der Waals surface area contributed by atoms with Gasteiger partial charge < -0.3 is 10.1 Å². The first-order valence-electron chi connectivity index (χ1n) is 6.59. The number of rotatable bonds is 2. The minimum Gasteiger partial charge on any atom is -0.465 e. The average molecular weight is 265 g/mol. The molecule has 0 amide bonds. The number of esters is 1. The van der Waals surface area contributed by atoms with Crippen LogP contribution in [0.25, 0.3) is 0 Å². The van der Waals surface area contributed by atoms with E-state index in [1.165, 1.54) is 13.2 Å². The number of benzene rings is 1. The van der Waals surface area contributed by atoms with E-state index in [1.54, 1.807) is 12.1 Å². The molecule has 4 heteroatoms. The highest BCUT2D eigenvalue weighted by atomic mass is 19.1. The summed E-state index contributed by atoms with van der Waals surface area (Å²) in [6, 6.07) is 4.95. The summed E-state index contributed by atoms with van der Waals surface area (Å²) in [4.78, 5) is 11.6. The predicted molar refractivity (Wildman–Crippen MR) is 71.8 cm³/mol. The number of halogens is 1. The van der Waals surface area contributed by atoms with Gasteiger partial charge in [-0.1, -0.05) is 12.1 Å². The van der Waals surface area contributed by atoms with E-state index in [2.05, 4.69) is 23.9 Å². The molecular formula is C15H20FNO2. The lowest BCUT2D eigenvalue weighted by Crippen LogP contribution is -2.49. The summed E-state index contributed by atoms with van der Waals surface area (Å²) in [6.45, 7) is 5.09. The third-order valence-electron chi connectivity index (χ3n) is 3.93. The monoisotopic (exact) mass is 265 g/mol. The van der Waals surface area contributed by atoms with Crippen LogP contribution in [0.1, 0.15) is 48.5 Å². The van der Waals surface area contributed by atoms with E-state index in [4.69, 9.17) is 0 Å². The Labute approximate surface area is 113 Å². The lowest BCUT2D eigenvalue weighted by molar-refractivity contribution is 0.0594. The van der Waals surface area contributed by atoms with E-state index in [0.29, 0.717) is 5.56 Å². The van der Waals surface area contributed by atoms with Gasteiger partial charge in [0.05, 0.1) is 12.7 Å². The molecule has 0 spiro atoms. The number of carbonyl (C=O) groups excluding carboxylic acids is 1. The molecule has 1 aliphatic rings. The average Bonchev–Trinajstić information content (AvgIpc) is 2.38. The third kappa shape index (κ3) is 2.63. The summed E-state index contributed by atoms with van der Waals surface area (Å²) >= 11 is 0. The highest BCUT2D eigenvalue weighted by Crippen LogP contribution is 2.37. The van der Waals surface area contributed by atoms with Crippen molar-refractivity contribution >= 4 is 5.97 Å². The van der Waals surface area contributed by atoms with Crippen LogP contribution in [0, 0.1) is 5.82 Å². The first-order chi connectivity index (χ1) is 8.97. The summed E-state index contributed by atoms with van der Waals surface area (Å²) in [5.74, 6) is -1.01. The molecule has 19 heavy (non-hydrogen) atoms. The van der Waals surface area contributed by atoms with Gasteiger partial charge in [-0.25, -0.2) is 9.18 Å². The third-order valence-corrected chi connectivity index (χ3v) is 3.93. The summed E-state index contributed by atoms with van der Waals surface area (Å²) in [7, 11) is 1.26. The highest BCUT2D eigenvalue weighted by Gasteiger charge is 2.35. The van der Waals surface area contributed by atoms with Crippen molar-refractivity contribution in [3.05, 3.63) is 35.1 Å². The van der Waals surface area contributed by atoms with Gasteiger partial charge in [0.25, 0.3) is 0 Å². The van der Waals surface area contributed by atoms with Gasteiger partial charge in [0.2, 0.25) is 0 Å². The van der Waals surface area contributed by atoms with Gasteiger partial charge in [-0.05, 0) is 44.9 Å². The molecule has 3 nitrogen and oxygen atoms in total. The Morgan fingerprint density at radius 1 is 1.47 bits per heavy atom. The number of hydrogen-bond acceptors (Lipinski definition) is 3. The first-order valence-corrected chi connectivity index (χ1v) is 6.59. The Morgan fingerprint density at radius 3 is 2.84 bits per heavy atom. The van der Waals surface area contributed by atoms with E-state index in [1.807, 2.05) is 0 Å². The first kappa shape index (κ1) is 14.0. The summed E-state index contributed by atoms with van der Waals surface area (Å²) in [5, 5.41) is 3.41. The van der Waals surface area contributed by atoms with Crippen LogP contribution in [-0.2, 0) is 4.74 Å². The normalized spacial score (nSPS) is 22.0. The van der Waals surface area contributed by atoms with Crippen molar-refractivity contribution in [1.82, 2.24) is 5.32 Å². The maximum atomic E-state index is 14.5. The molecule has 0 saturated carbocycles. The number of ether oxygens (including phenoxy) is 1. The molecule has 1 unspecified atom stereocenters. The minimum absolute atomic E-state index is 0.0152. The van der Waals surface area contributed by atoms with Crippen molar-refractivity contribution < 1.29 is 13.9 Å². The number of hydrogen-bond donors (Lipinski definition) is 1. The summed E-state index contributed by atoms with van der Waals surface area (Å²) in [5.41, 5.74) is 0.440. The van der Waals surface area contributed by atoms with E-state index in [-0.39, 0.29) is 17.0 Å². The second-order valence-electron chi connectivity index (χ2n) is 5.54. The van der Waals surface area contributed by atoms with Crippen molar-refractivity contribution in [2.75, 3.05) is 13.7 Å². The Morgan fingerprint density at radius 2 is 2.21 bits per heavy atom. The number of methoxy groups -OCH3 is 1. The zero-order valence-electron chi connectivity index (χ0n) is 11.6. The van der Waals surface area contributed by atoms with Crippen LogP contribution in [-0.4, -0.2) is 25.2 Å². The van der Waals surface area contributed by atoms with Gasteiger partial charge in [0.1, 0.15) is 5.82 Å². The van der Waals surface area contributed by atoms with Crippen molar-refractivity contribution in [3.8, 4) is 0 Å². The van der Waals surface area contributed by atoms with Crippen molar-refractivity contribution in [3.63, 3.8) is 0 Å². The van der Waals surface area contributed by atoms with Crippen molar-refractivity contribution in [2.45, 2.75) is 38.1 Å². The molecule has 0 aromatic heterocycles. The second kappa shape index (κ2) is 5.29. The van der Waals surface area contributed by atoms with Crippen molar-refractivity contribution in [2.24, 2.45) is 0 Å². The fourth-order valence-corrected chi connectivity index (χ4v) is 2.83. The van der Waals surface area contributed by atoms with Crippen LogP contribution in [0.5, 0.6) is 0 Å². The molecule has 0 aliphatic carbocycles. The maximum Gasteiger partial charge on any atom is 0.340 e. The SMILES string of the molecule is COC(=O)c1cccc(C2CCCNC2(C)C)c1F. The molecule has 1 fully saturated rings. The van der Waals surface area contributed by atoms with Crippen LogP contribution in [0.15, 0.2) is 18.2 Å². The second-order valence-corrected chi connectivity index (χ2v) is 5.54. The minimum atomic E-state index is -0.624. The molecule has 1 heterocycles. The molecule has 0 radical (unpaired) electrons. The molecule has 1 aromatic carbocycles. The highest BCUT2D eigenvalue weighted by molar-refractivity contribution is 5.89. The smallest absolute Gasteiger partial charge is 0.340 e. The fraction of sp³-hybridized carbons (Fsp3) is 0.533. The number of piperidine rings is 1. The zero-order chi connectivity index (χ0) is 14.0. The van der Waals surface area contributed by atoms with Crippen molar-refractivity contribution in [1.29, 1.82) is 0 Å². The summed E-state index contributed by atoms with van der Waals surface area (Å²) in [6.07, 6.45) is 1.93. The molecule has 2 rings (SSSR count). The molecule has 1 aromatic rings. The topological polar surface area (TPSA) is 38.3 Å². The quantitative estimate of drug-likeness (QED) is 0.836. The fourth-order valence-electron chi connectivity index (χ4n) is 2.83. The Hall–Kier alpha value is -1.42. The van der Waals surface area contributed by atoms with Gasteiger partial charge in [-0.2, -0.15) is 0 Å². The lowest BCUT2D eigenvalue weighted by Gasteiger charge is -2.40. The molecule has 1 aliphatic heterocycles. The molecular weight excluding hydrogens is 245 g/mol. The van der Waals surface area contributed by atoms with Crippen LogP contribution < -0.4 is 5.32 Å². The Balaban J connectivity index is 2.42. The van der Waals surface area contributed by atoms with Crippen LogP contribution in [0.4, 0.5) is 4.39 Å². The predicted octanol–water partition coefficient (Wildman–Crippen LogP) is 2.86. The van der Waals surface area contributed by atoms with E-state index in [9.17, 15) is 9.18 Å². The molecule has 1 saturated heterocycles. The Kier molecular flexibility index (Phi) is 3.90. The number of carbonyl (C=O) groups is 1. The van der Waals surface area contributed by atoms with Gasteiger partial charge in [-0.3, -0.25) is 0 Å². The maximum absolute atomic E-state index is 14.5. The molecule has 1 atom stereocenters. The van der Waals surface area contributed by atoms with Crippen LogP contribution >= 0.6 is 0 Å². The molecule has 0 bridgehead atoms. The Bertz CT molecular complexity index is 485. The standard InChI is InChI=1S/C15H20FNO2/c1-15(2)12(8-5-9-17-15)10-6-4-7-11(13(10)16)14(18)19-3/h4,6-7,12,17H,5,8-9H2,1-3H3. The van der Waals surface area contributed by atoms with Crippen LogP contribution in [0.2, 0.25) is 0 Å². The molecule has 1 N–H and O–H groups in total. The number of nitrogens with one attached hydrogen (secondary N) is 1. The largest absolute Gasteiger partial charge is 0.465 e. The van der Waals surface area contributed by atoms with E-state index in [0.717, 1.165) is 19.4 Å². The van der Waals surface area contributed by atoms with Gasteiger partial charge >= 0.3 is 5.97 Å². The van der Waals surface area contributed by atoms with Gasteiger partial charge in [0, 0.05) is 11.5 Å². The van der Waals surface area contributed by atoms with Gasteiger partial charge in [0.15, 0.2) is 0 Å². The van der Waals surface area contributed by atoms with E-state index >= 15 is 0 Å². The zero-order valence-corrected chi connectivity index (χ0v) is 11.6. The van der Waals surface area contributed by atoms with E-state index < -0.39 is 11.8 Å². The van der Waals surface area contributed by atoms with Crippen LogP contribution in [0.3, 0.4) is 0 Å². The summed E-state index contributed by atoms with van der Waals surface area (Å²) < 4.78 is 19.1. The lowest BCUT2D eigenvalue weighted by atomic mass is 9.76. The van der Waals surface area contributed by atoms with Gasteiger partial charge in [-0.15, -0.1) is 0 Å². The molecule has 104 valence electrons.